The van der Waals surface area contributed by atoms with Crippen molar-refractivity contribution in [2.24, 2.45) is 0 Å². The Hall–Kier alpha value is -1.56. The van der Waals surface area contributed by atoms with Gasteiger partial charge in [-0.1, -0.05) is 25.0 Å². The number of rotatable bonds is 5. The highest BCUT2D eigenvalue weighted by molar-refractivity contribution is 5.78. The Morgan fingerprint density at radius 1 is 1.14 bits per heavy atom. The van der Waals surface area contributed by atoms with E-state index in [1.54, 1.807) is 0 Å². The summed E-state index contributed by atoms with van der Waals surface area (Å²) in [6, 6.07) is 5.23. The van der Waals surface area contributed by atoms with E-state index < -0.39 is 11.7 Å². The normalized spacial score (nSPS) is 16.1. The number of hydrogen-bond donors (Lipinski definition) is 2. The molecule has 1 amide bonds. The minimum atomic E-state index is -4.31. The van der Waals surface area contributed by atoms with E-state index in [0.717, 1.165) is 43.4 Å². The summed E-state index contributed by atoms with van der Waals surface area (Å²) in [4.78, 5) is 11.7. The van der Waals surface area contributed by atoms with Gasteiger partial charge < -0.3 is 10.6 Å². The Morgan fingerprint density at radius 2 is 1.76 bits per heavy atom. The Balaban J connectivity index is 1.71. The van der Waals surface area contributed by atoms with Crippen LogP contribution in [-0.2, 0) is 17.5 Å². The van der Waals surface area contributed by atoms with Crippen LogP contribution in [0.3, 0.4) is 0 Å². The predicted molar refractivity (Wildman–Crippen MR) is 73.5 cm³/mol. The highest BCUT2D eigenvalue weighted by atomic mass is 19.4. The molecular weight excluding hydrogens is 281 g/mol. The van der Waals surface area contributed by atoms with Crippen molar-refractivity contribution in [3.63, 3.8) is 0 Å². The third-order valence-corrected chi connectivity index (χ3v) is 3.62. The number of carbonyl (C=O) groups is 1. The lowest BCUT2D eigenvalue weighted by molar-refractivity contribution is -0.137. The fourth-order valence-corrected chi connectivity index (χ4v) is 2.48. The van der Waals surface area contributed by atoms with Crippen molar-refractivity contribution in [2.75, 3.05) is 6.54 Å². The van der Waals surface area contributed by atoms with Gasteiger partial charge in [0.15, 0.2) is 0 Å². The topological polar surface area (TPSA) is 41.1 Å². The van der Waals surface area contributed by atoms with Crippen LogP contribution in [0, 0.1) is 0 Å². The quantitative estimate of drug-likeness (QED) is 0.878. The third-order valence-electron chi connectivity index (χ3n) is 3.62. The minimum absolute atomic E-state index is 0.0613. The summed E-state index contributed by atoms with van der Waals surface area (Å²) in [6.07, 6.45) is 0.0657. The monoisotopic (exact) mass is 300 g/mol. The summed E-state index contributed by atoms with van der Waals surface area (Å²) < 4.78 is 37.2. The number of benzene rings is 1. The van der Waals surface area contributed by atoms with E-state index in [4.69, 9.17) is 0 Å². The maximum absolute atomic E-state index is 12.4. The first-order valence-corrected chi connectivity index (χ1v) is 7.11. The Morgan fingerprint density at radius 3 is 2.33 bits per heavy atom. The lowest BCUT2D eigenvalue weighted by Gasteiger charge is -2.12. The molecule has 116 valence electrons. The second-order valence-electron chi connectivity index (χ2n) is 5.35. The molecular formula is C15H19F3N2O. The fraction of sp³-hybridized carbons (Fsp3) is 0.533. The Bertz CT molecular complexity index is 465. The molecule has 1 aromatic rings. The predicted octanol–water partition coefficient (Wildman–Crippen LogP) is 2.85. The molecule has 1 aliphatic rings. The van der Waals surface area contributed by atoms with Crippen molar-refractivity contribution in [1.29, 1.82) is 0 Å². The van der Waals surface area contributed by atoms with Crippen molar-refractivity contribution in [3.8, 4) is 0 Å². The third kappa shape index (κ3) is 5.04. The number of alkyl halides is 3. The van der Waals surface area contributed by atoms with Crippen LogP contribution < -0.4 is 10.6 Å². The summed E-state index contributed by atoms with van der Waals surface area (Å²) in [7, 11) is 0. The lowest BCUT2D eigenvalue weighted by Crippen LogP contribution is -2.38. The lowest BCUT2D eigenvalue weighted by atomic mass is 10.1. The molecule has 0 unspecified atom stereocenters. The average molecular weight is 300 g/mol. The van der Waals surface area contributed by atoms with Gasteiger partial charge in [-0.05, 0) is 30.5 Å². The fourth-order valence-electron chi connectivity index (χ4n) is 2.48. The SMILES string of the molecule is O=C(CNCc1ccc(C(F)(F)F)cc1)NC1CCCC1. The second kappa shape index (κ2) is 6.93. The summed E-state index contributed by atoms with van der Waals surface area (Å²) in [6.45, 7) is 0.549. The molecule has 0 aliphatic heterocycles. The molecule has 2 N–H and O–H groups in total. The standard InChI is InChI=1S/C15H19F3N2O/c16-15(17,18)12-7-5-11(6-8-12)9-19-10-14(21)20-13-3-1-2-4-13/h5-8,13,19H,1-4,9-10H2,(H,20,21). The van der Waals surface area contributed by atoms with Gasteiger partial charge in [0.1, 0.15) is 0 Å². The zero-order valence-corrected chi connectivity index (χ0v) is 11.7. The van der Waals surface area contributed by atoms with Gasteiger partial charge in [0.25, 0.3) is 0 Å². The van der Waals surface area contributed by atoms with E-state index in [2.05, 4.69) is 10.6 Å². The number of amides is 1. The van der Waals surface area contributed by atoms with Crippen molar-refractivity contribution in [1.82, 2.24) is 10.6 Å². The van der Waals surface area contributed by atoms with Crippen molar-refractivity contribution in [2.45, 2.75) is 44.4 Å². The molecule has 2 rings (SSSR count). The van der Waals surface area contributed by atoms with Gasteiger partial charge in [-0.2, -0.15) is 13.2 Å². The van der Waals surface area contributed by atoms with Crippen LogP contribution in [0.25, 0.3) is 0 Å². The molecule has 1 aromatic carbocycles. The van der Waals surface area contributed by atoms with Crippen LogP contribution in [0.5, 0.6) is 0 Å². The largest absolute Gasteiger partial charge is 0.416 e. The minimum Gasteiger partial charge on any atom is -0.352 e. The zero-order valence-electron chi connectivity index (χ0n) is 11.7. The van der Waals surface area contributed by atoms with Gasteiger partial charge in [-0.15, -0.1) is 0 Å². The molecule has 1 aliphatic carbocycles. The van der Waals surface area contributed by atoms with Gasteiger partial charge in [-0.3, -0.25) is 4.79 Å². The highest BCUT2D eigenvalue weighted by Gasteiger charge is 2.29. The van der Waals surface area contributed by atoms with Crippen LogP contribution in [-0.4, -0.2) is 18.5 Å². The molecule has 3 nitrogen and oxygen atoms in total. The highest BCUT2D eigenvalue weighted by Crippen LogP contribution is 2.29. The van der Waals surface area contributed by atoms with E-state index in [-0.39, 0.29) is 18.5 Å². The summed E-state index contributed by atoms with van der Waals surface area (Å²) in [5.41, 5.74) is 0.0573. The molecule has 0 bridgehead atoms. The van der Waals surface area contributed by atoms with Crippen LogP contribution in [0.4, 0.5) is 13.2 Å². The number of nitrogens with one attached hydrogen (secondary N) is 2. The Labute approximate surface area is 121 Å². The molecule has 0 heterocycles. The van der Waals surface area contributed by atoms with Crippen molar-refractivity contribution < 1.29 is 18.0 Å². The van der Waals surface area contributed by atoms with Gasteiger partial charge in [0.2, 0.25) is 5.91 Å². The maximum Gasteiger partial charge on any atom is 0.416 e. The first-order chi connectivity index (χ1) is 9.95. The summed E-state index contributed by atoms with van der Waals surface area (Å²) in [5, 5.41) is 5.88. The van der Waals surface area contributed by atoms with Crippen molar-refractivity contribution >= 4 is 5.91 Å². The van der Waals surface area contributed by atoms with E-state index in [0.29, 0.717) is 6.54 Å². The number of halogens is 3. The van der Waals surface area contributed by atoms with E-state index >= 15 is 0 Å². The summed E-state index contributed by atoms with van der Waals surface area (Å²) >= 11 is 0. The van der Waals surface area contributed by atoms with Gasteiger partial charge >= 0.3 is 6.18 Å². The van der Waals surface area contributed by atoms with E-state index in [1.807, 2.05) is 0 Å². The zero-order chi connectivity index (χ0) is 15.3. The molecule has 0 aromatic heterocycles. The maximum atomic E-state index is 12.4. The molecule has 21 heavy (non-hydrogen) atoms. The summed E-state index contributed by atoms with van der Waals surface area (Å²) in [5.74, 6) is -0.0613. The average Bonchev–Trinajstić information content (AvgIpc) is 2.91. The molecule has 0 saturated heterocycles. The van der Waals surface area contributed by atoms with Crippen LogP contribution in [0.15, 0.2) is 24.3 Å². The van der Waals surface area contributed by atoms with Gasteiger partial charge in [0.05, 0.1) is 12.1 Å². The first-order valence-electron chi connectivity index (χ1n) is 7.11. The molecule has 1 fully saturated rings. The van der Waals surface area contributed by atoms with Gasteiger partial charge in [-0.25, -0.2) is 0 Å². The van der Waals surface area contributed by atoms with Crippen LogP contribution >= 0.6 is 0 Å². The molecule has 6 heteroatoms. The Kier molecular flexibility index (Phi) is 5.22. The van der Waals surface area contributed by atoms with Crippen molar-refractivity contribution in [3.05, 3.63) is 35.4 Å². The molecule has 0 spiro atoms. The van der Waals surface area contributed by atoms with E-state index in [9.17, 15) is 18.0 Å². The smallest absolute Gasteiger partial charge is 0.352 e. The first kappa shape index (κ1) is 15.8. The number of hydrogen-bond acceptors (Lipinski definition) is 2. The number of carbonyl (C=O) groups excluding carboxylic acids is 1. The van der Waals surface area contributed by atoms with Gasteiger partial charge in [0, 0.05) is 12.6 Å². The molecule has 1 saturated carbocycles. The van der Waals surface area contributed by atoms with Crippen LogP contribution in [0.1, 0.15) is 36.8 Å². The second-order valence-corrected chi connectivity index (χ2v) is 5.35. The van der Waals surface area contributed by atoms with Crippen LogP contribution in [0.2, 0.25) is 0 Å². The van der Waals surface area contributed by atoms with E-state index in [1.165, 1.54) is 12.1 Å². The molecule has 0 radical (unpaired) electrons. The molecule has 0 atom stereocenters.